The highest BCUT2D eigenvalue weighted by atomic mass is 32.2. The van der Waals surface area contributed by atoms with Crippen LogP contribution in [0.5, 0.6) is 5.75 Å². The van der Waals surface area contributed by atoms with Crippen molar-refractivity contribution in [2.75, 3.05) is 12.9 Å². The molecule has 1 N–H and O–H groups in total. The fourth-order valence-electron chi connectivity index (χ4n) is 1.90. The van der Waals surface area contributed by atoms with Gasteiger partial charge in [-0.15, -0.1) is 11.8 Å². The highest BCUT2D eigenvalue weighted by Gasteiger charge is 2.11. The Bertz CT molecular complexity index is 610. The number of carbonyl (C=O) groups is 1. The lowest BCUT2D eigenvalue weighted by Gasteiger charge is -2.04. The van der Waals surface area contributed by atoms with Crippen LogP contribution in [0.25, 0.3) is 11.3 Å². The van der Waals surface area contributed by atoms with Crippen LogP contribution >= 0.6 is 11.8 Å². The fourth-order valence-corrected chi connectivity index (χ4v) is 2.61. The van der Waals surface area contributed by atoms with Gasteiger partial charge in [-0.2, -0.15) is 5.10 Å². The average molecular weight is 292 g/mol. The van der Waals surface area contributed by atoms with Crippen LogP contribution in [0.2, 0.25) is 0 Å². The number of aliphatic carboxylic acids is 1. The van der Waals surface area contributed by atoms with E-state index in [-0.39, 0.29) is 5.75 Å². The molecule has 0 saturated carbocycles. The lowest BCUT2D eigenvalue weighted by molar-refractivity contribution is -0.133. The number of hydrogen-bond acceptors (Lipinski definition) is 4. The SMILES string of the molecule is COc1cccc(-c2nn(C)cc2CSCC(=O)O)c1. The Morgan fingerprint density at radius 1 is 1.50 bits per heavy atom. The van der Waals surface area contributed by atoms with Crippen molar-refractivity contribution in [3.05, 3.63) is 36.0 Å². The van der Waals surface area contributed by atoms with Crippen LogP contribution in [0.15, 0.2) is 30.5 Å². The zero-order chi connectivity index (χ0) is 14.5. The molecular formula is C14H16N2O3S. The molecule has 0 aliphatic heterocycles. The van der Waals surface area contributed by atoms with E-state index >= 15 is 0 Å². The van der Waals surface area contributed by atoms with Gasteiger partial charge in [0.1, 0.15) is 5.75 Å². The molecule has 0 bridgehead atoms. The van der Waals surface area contributed by atoms with E-state index in [4.69, 9.17) is 9.84 Å². The summed E-state index contributed by atoms with van der Waals surface area (Å²) < 4.78 is 6.96. The number of benzene rings is 1. The number of methoxy groups -OCH3 is 1. The topological polar surface area (TPSA) is 64.4 Å². The Hall–Kier alpha value is -1.95. The summed E-state index contributed by atoms with van der Waals surface area (Å²) in [6, 6.07) is 7.69. The Morgan fingerprint density at radius 3 is 3.00 bits per heavy atom. The van der Waals surface area contributed by atoms with Gasteiger partial charge in [-0.3, -0.25) is 9.48 Å². The van der Waals surface area contributed by atoms with Crippen molar-refractivity contribution in [3.8, 4) is 17.0 Å². The second-order valence-electron chi connectivity index (χ2n) is 4.30. The quantitative estimate of drug-likeness (QED) is 0.885. The predicted octanol–water partition coefficient (Wildman–Crippen LogP) is 2.41. The van der Waals surface area contributed by atoms with Crippen LogP contribution < -0.4 is 4.74 Å². The maximum absolute atomic E-state index is 10.6. The third-order valence-electron chi connectivity index (χ3n) is 2.73. The highest BCUT2D eigenvalue weighted by Crippen LogP contribution is 2.27. The van der Waals surface area contributed by atoms with E-state index in [1.165, 1.54) is 11.8 Å². The summed E-state index contributed by atoms with van der Waals surface area (Å²) in [5, 5.41) is 13.1. The number of carboxylic acids is 1. The maximum atomic E-state index is 10.6. The Balaban J connectivity index is 2.24. The van der Waals surface area contributed by atoms with Crippen molar-refractivity contribution in [2.24, 2.45) is 7.05 Å². The molecule has 1 aromatic carbocycles. The third kappa shape index (κ3) is 3.54. The molecule has 0 fully saturated rings. The third-order valence-corrected chi connectivity index (χ3v) is 3.70. The molecular weight excluding hydrogens is 276 g/mol. The van der Waals surface area contributed by atoms with Crippen molar-refractivity contribution >= 4 is 17.7 Å². The molecule has 1 heterocycles. The first kappa shape index (κ1) is 14.5. The van der Waals surface area contributed by atoms with Crippen molar-refractivity contribution < 1.29 is 14.6 Å². The molecule has 0 spiro atoms. The molecule has 0 unspecified atom stereocenters. The monoisotopic (exact) mass is 292 g/mol. The number of nitrogens with zero attached hydrogens (tertiary/aromatic N) is 2. The number of thioether (sulfide) groups is 1. The number of aromatic nitrogens is 2. The largest absolute Gasteiger partial charge is 0.497 e. The summed E-state index contributed by atoms with van der Waals surface area (Å²) in [4.78, 5) is 10.6. The highest BCUT2D eigenvalue weighted by molar-refractivity contribution is 7.99. The first-order chi connectivity index (χ1) is 9.60. The van der Waals surface area contributed by atoms with Gasteiger partial charge in [-0.05, 0) is 12.1 Å². The Kier molecular flexibility index (Phi) is 4.68. The maximum Gasteiger partial charge on any atom is 0.313 e. The van der Waals surface area contributed by atoms with Gasteiger partial charge in [-0.25, -0.2) is 0 Å². The predicted molar refractivity (Wildman–Crippen MR) is 79.0 cm³/mol. The van der Waals surface area contributed by atoms with E-state index in [1.807, 2.05) is 37.5 Å². The second kappa shape index (κ2) is 6.47. The van der Waals surface area contributed by atoms with Crippen LogP contribution in [-0.4, -0.2) is 33.7 Å². The van der Waals surface area contributed by atoms with E-state index in [9.17, 15) is 4.79 Å². The summed E-state index contributed by atoms with van der Waals surface area (Å²) in [6.45, 7) is 0. The van der Waals surface area contributed by atoms with Crippen molar-refractivity contribution in [1.29, 1.82) is 0 Å². The number of carboxylic acid groups (broad SMARTS) is 1. The van der Waals surface area contributed by atoms with Gasteiger partial charge in [0.2, 0.25) is 0 Å². The molecule has 106 valence electrons. The zero-order valence-electron chi connectivity index (χ0n) is 11.4. The lowest BCUT2D eigenvalue weighted by atomic mass is 10.1. The lowest BCUT2D eigenvalue weighted by Crippen LogP contribution is -1.98. The number of rotatable bonds is 6. The molecule has 6 heteroatoms. The van der Waals surface area contributed by atoms with Gasteiger partial charge in [0, 0.05) is 30.1 Å². The molecule has 2 aromatic rings. The normalized spacial score (nSPS) is 10.5. The molecule has 2 rings (SSSR count). The Morgan fingerprint density at radius 2 is 2.30 bits per heavy atom. The van der Waals surface area contributed by atoms with Gasteiger partial charge in [0.15, 0.2) is 0 Å². The van der Waals surface area contributed by atoms with Crippen LogP contribution in [0.3, 0.4) is 0 Å². The van der Waals surface area contributed by atoms with Gasteiger partial charge in [0.25, 0.3) is 0 Å². The van der Waals surface area contributed by atoms with Crippen molar-refractivity contribution in [3.63, 3.8) is 0 Å². The van der Waals surface area contributed by atoms with E-state index in [0.717, 1.165) is 22.6 Å². The molecule has 0 radical (unpaired) electrons. The van der Waals surface area contributed by atoms with E-state index < -0.39 is 5.97 Å². The fraction of sp³-hybridized carbons (Fsp3) is 0.286. The standard InChI is InChI=1S/C14H16N2O3S/c1-16-7-11(8-20-9-13(17)18)14(15-16)10-4-3-5-12(6-10)19-2/h3-7H,8-9H2,1-2H3,(H,17,18). The number of hydrogen-bond donors (Lipinski definition) is 1. The molecule has 20 heavy (non-hydrogen) atoms. The summed E-state index contributed by atoms with van der Waals surface area (Å²) in [5.41, 5.74) is 2.85. The smallest absolute Gasteiger partial charge is 0.313 e. The molecule has 0 saturated heterocycles. The average Bonchev–Trinajstić information content (AvgIpc) is 2.79. The summed E-state index contributed by atoms with van der Waals surface area (Å²) in [6.07, 6.45) is 1.92. The number of ether oxygens (including phenoxy) is 1. The molecule has 5 nitrogen and oxygen atoms in total. The minimum absolute atomic E-state index is 0.0897. The molecule has 0 amide bonds. The summed E-state index contributed by atoms with van der Waals surface area (Å²) >= 11 is 1.36. The van der Waals surface area contributed by atoms with Crippen LogP contribution in [0.4, 0.5) is 0 Å². The van der Waals surface area contributed by atoms with E-state index in [2.05, 4.69) is 5.10 Å². The first-order valence-corrected chi connectivity index (χ1v) is 7.22. The van der Waals surface area contributed by atoms with Crippen molar-refractivity contribution in [2.45, 2.75) is 5.75 Å². The molecule has 0 aliphatic carbocycles. The van der Waals surface area contributed by atoms with E-state index in [0.29, 0.717) is 5.75 Å². The van der Waals surface area contributed by atoms with Gasteiger partial charge >= 0.3 is 5.97 Å². The van der Waals surface area contributed by atoms with Crippen LogP contribution in [-0.2, 0) is 17.6 Å². The summed E-state index contributed by atoms with van der Waals surface area (Å²) in [5.74, 6) is 0.679. The zero-order valence-corrected chi connectivity index (χ0v) is 12.2. The van der Waals surface area contributed by atoms with Crippen LogP contribution in [0, 0.1) is 0 Å². The Labute approximate surface area is 121 Å². The number of aryl methyl sites for hydroxylation is 1. The van der Waals surface area contributed by atoms with E-state index in [1.54, 1.807) is 11.8 Å². The molecule has 0 atom stereocenters. The van der Waals surface area contributed by atoms with Gasteiger partial charge in [-0.1, -0.05) is 12.1 Å². The van der Waals surface area contributed by atoms with Gasteiger partial charge in [0.05, 0.1) is 18.6 Å². The molecule has 1 aromatic heterocycles. The van der Waals surface area contributed by atoms with Crippen molar-refractivity contribution in [1.82, 2.24) is 9.78 Å². The molecule has 0 aliphatic rings. The first-order valence-electron chi connectivity index (χ1n) is 6.06. The van der Waals surface area contributed by atoms with Gasteiger partial charge < -0.3 is 9.84 Å². The minimum Gasteiger partial charge on any atom is -0.497 e. The van der Waals surface area contributed by atoms with Crippen LogP contribution in [0.1, 0.15) is 5.56 Å². The second-order valence-corrected chi connectivity index (χ2v) is 5.28. The summed E-state index contributed by atoms with van der Waals surface area (Å²) in [7, 11) is 3.48. The minimum atomic E-state index is -0.804.